The molecule has 0 saturated heterocycles. The quantitative estimate of drug-likeness (QED) is 0.288. The number of nitrogens with zero attached hydrogens (tertiary/aromatic N) is 2. The van der Waals surface area contributed by atoms with Crippen LogP contribution in [0.25, 0.3) is 6.08 Å². The number of carbonyl (C=O) groups is 2. The molecule has 0 radical (unpaired) electrons. The summed E-state index contributed by atoms with van der Waals surface area (Å²) in [5.41, 5.74) is 5.58. The van der Waals surface area contributed by atoms with Crippen LogP contribution >= 0.6 is 11.6 Å². The van der Waals surface area contributed by atoms with E-state index in [1.54, 1.807) is 11.0 Å². The molecule has 2 aliphatic heterocycles. The Kier molecular flexibility index (Phi) is 6.44. The number of hydrogen-bond donors (Lipinski definition) is 0. The first-order valence-electron chi connectivity index (χ1n) is 12.6. The number of amides is 2. The predicted octanol–water partition coefficient (Wildman–Crippen LogP) is 6.51. The minimum Gasteiger partial charge on any atom is -0.449 e. The van der Waals surface area contributed by atoms with Gasteiger partial charge in [0.05, 0.1) is 12.2 Å². The smallest absolute Gasteiger partial charge is 0.294 e. The molecule has 5 nitrogen and oxygen atoms in total. The Morgan fingerprint density at radius 1 is 0.868 bits per heavy atom. The average Bonchev–Trinajstić information content (AvgIpc) is 2.96. The van der Waals surface area contributed by atoms with E-state index in [1.807, 2.05) is 89.8 Å². The van der Waals surface area contributed by atoms with Crippen molar-refractivity contribution in [3.05, 3.63) is 136 Å². The van der Waals surface area contributed by atoms with Crippen LogP contribution in [0.4, 0.5) is 5.69 Å². The second-order valence-corrected chi connectivity index (χ2v) is 9.90. The molecule has 0 fully saturated rings. The third-order valence-electron chi connectivity index (χ3n) is 6.96. The van der Waals surface area contributed by atoms with Crippen LogP contribution < -0.4 is 9.64 Å². The lowest BCUT2D eigenvalue weighted by Gasteiger charge is -2.30. The number of benzene rings is 4. The normalized spacial score (nSPS) is 15.6. The fourth-order valence-electron chi connectivity index (χ4n) is 4.92. The van der Waals surface area contributed by atoms with Gasteiger partial charge in [0.25, 0.3) is 11.8 Å². The van der Waals surface area contributed by atoms with Crippen LogP contribution in [0.3, 0.4) is 0 Å². The molecule has 0 bridgehead atoms. The molecule has 0 unspecified atom stereocenters. The first-order valence-corrected chi connectivity index (χ1v) is 12.9. The summed E-state index contributed by atoms with van der Waals surface area (Å²) in [4.78, 5) is 30.2. The molecule has 6 heteroatoms. The Bertz CT molecular complexity index is 1540. The first-order chi connectivity index (χ1) is 18.5. The highest BCUT2D eigenvalue weighted by atomic mass is 35.5. The Hall–Kier alpha value is -4.35. The van der Waals surface area contributed by atoms with Crippen molar-refractivity contribution in [2.45, 2.75) is 19.5 Å². The molecule has 4 aromatic carbocycles. The molecule has 4 aromatic rings. The van der Waals surface area contributed by atoms with E-state index in [0.717, 1.165) is 17.5 Å². The highest BCUT2D eigenvalue weighted by Gasteiger charge is 2.30. The number of hydrogen-bond acceptors (Lipinski definition) is 3. The van der Waals surface area contributed by atoms with Gasteiger partial charge in [-0.05, 0) is 71.1 Å². The first kappa shape index (κ1) is 24.0. The van der Waals surface area contributed by atoms with Crippen molar-refractivity contribution in [3.63, 3.8) is 0 Å². The van der Waals surface area contributed by atoms with Crippen LogP contribution in [-0.4, -0.2) is 23.3 Å². The third-order valence-corrected chi connectivity index (χ3v) is 7.21. The summed E-state index contributed by atoms with van der Waals surface area (Å²) in [7, 11) is 0. The summed E-state index contributed by atoms with van der Waals surface area (Å²) in [6.45, 7) is 1.71. The van der Waals surface area contributed by atoms with Gasteiger partial charge >= 0.3 is 0 Å². The zero-order valence-electron chi connectivity index (χ0n) is 20.6. The standard InChI is InChI=1S/C32H25ClN2O3/c33-27-15-11-23(12-16-27)20-35-28-7-3-4-8-29(28)38-30(32(35)37)19-22-9-13-25(14-10-22)31(36)34-18-17-24-5-1-2-6-26(24)21-34/h1-16,19H,17-18,20-21H2. The SMILES string of the molecule is O=C(c1ccc(C=C2Oc3ccccc3N(Cc3ccc(Cl)cc3)C2=O)cc1)N1CCc2ccccc2C1. The van der Waals surface area contributed by atoms with Crippen LogP contribution in [0.2, 0.25) is 5.02 Å². The van der Waals surface area contributed by atoms with Gasteiger partial charge in [0.1, 0.15) is 0 Å². The molecule has 0 aromatic heterocycles. The van der Waals surface area contributed by atoms with E-state index in [0.29, 0.717) is 41.7 Å². The van der Waals surface area contributed by atoms with Crippen molar-refractivity contribution < 1.29 is 14.3 Å². The lowest BCUT2D eigenvalue weighted by molar-refractivity contribution is -0.117. The van der Waals surface area contributed by atoms with E-state index < -0.39 is 0 Å². The topological polar surface area (TPSA) is 49.9 Å². The number of carbonyl (C=O) groups excluding carboxylic acids is 2. The second-order valence-electron chi connectivity index (χ2n) is 9.46. The van der Waals surface area contributed by atoms with E-state index in [4.69, 9.17) is 16.3 Å². The van der Waals surface area contributed by atoms with Gasteiger partial charge in [0, 0.05) is 23.7 Å². The number of halogens is 1. The van der Waals surface area contributed by atoms with Gasteiger partial charge in [0.2, 0.25) is 0 Å². The zero-order chi connectivity index (χ0) is 26.1. The van der Waals surface area contributed by atoms with Crippen LogP contribution in [0.1, 0.15) is 32.6 Å². The number of fused-ring (bicyclic) bond motifs is 2. The van der Waals surface area contributed by atoms with E-state index in [9.17, 15) is 9.59 Å². The predicted molar refractivity (Wildman–Crippen MR) is 149 cm³/mol. The lowest BCUT2D eigenvalue weighted by atomic mass is 9.99. The van der Waals surface area contributed by atoms with Crippen molar-refractivity contribution in [2.75, 3.05) is 11.4 Å². The van der Waals surface area contributed by atoms with Crippen molar-refractivity contribution in [2.24, 2.45) is 0 Å². The Morgan fingerprint density at radius 3 is 2.37 bits per heavy atom. The lowest BCUT2D eigenvalue weighted by Crippen LogP contribution is -2.36. The Morgan fingerprint density at radius 2 is 1.58 bits per heavy atom. The summed E-state index contributed by atoms with van der Waals surface area (Å²) >= 11 is 6.04. The molecule has 0 saturated carbocycles. The summed E-state index contributed by atoms with van der Waals surface area (Å²) in [5, 5.41) is 0.648. The molecule has 2 amide bonds. The van der Waals surface area contributed by atoms with Gasteiger partial charge in [-0.2, -0.15) is 0 Å². The maximum atomic E-state index is 13.5. The number of rotatable bonds is 4. The molecule has 2 heterocycles. The minimum atomic E-state index is -0.231. The number of anilines is 1. The summed E-state index contributed by atoms with van der Waals surface area (Å²) < 4.78 is 6.01. The fourth-order valence-corrected chi connectivity index (χ4v) is 5.04. The molecule has 2 aliphatic rings. The van der Waals surface area contributed by atoms with Crippen LogP contribution in [0.15, 0.2) is 103 Å². The highest BCUT2D eigenvalue weighted by Crippen LogP contribution is 2.36. The monoisotopic (exact) mass is 520 g/mol. The van der Waals surface area contributed by atoms with E-state index in [1.165, 1.54) is 11.1 Å². The van der Waals surface area contributed by atoms with E-state index >= 15 is 0 Å². The molecule has 0 N–H and O–H groups in total. The maximum absolute atomic E-state index is 13.5. The van der Waals surface area contributed by atoms with Gasteiger partial charge < -0.3 is 9.64 Å². The average molecular weight is 521 g/mol. The third kappa shape index (κ3) is 4.81. The largest absolute Gasteiger partial charge is 0.449 e. The number of para-hydroxylation sites is 2. The molecule has 0 spiro atoms. The van der Waals surface area contributed by atoms with Crippen molar-refractivity contribution >= 4 is 35.2 Å². The molecule has 6 rings (SSSR count). The highest BCUT2D eigenvalue weighted by molar-refractivity contribution is 6.30. The number of ether oxygens (including phenoxy) is 1. The van der Waals surface area contributed by atoms with E-state index in [2.05, 4.69) is 12.1 Å². The molecular formula is C32H25ClN2O3. The van der Waals surface area contributed by atoms with Crippen molar-refractivity contribution in [3.8, 4) is 5.75 Å². The van der Waals surface area contributed by atoms with Gasteiger partial charge in [-0.3, -0.25) is 14.5 Å². The van der Waals surface area contributed by atoms with Gasteiger partial charge in [0.15, 0.2) is 11.5 Å². The van der Waals surface area contributed by atoms with Crippen molar-refractivity contribution in [1.82, 2.24) is 4.90 Å². The van der Waals surface area contributed by atoms with Gasteiger partial charge in [-0.1, -0.05) is 72.3 Å². The fraction of sp³-hybridized carbons (Fsp3) is 0.125. The maximum Gasteiger partial charge on any atom is 0.294 e. The molecule has 0 aliphatic carbocycles. The molecule has 0 atom stereocenters. The molecule has 38 heavy (non-hydrogen) atoms. The zero-order valence-corrected chi connectivity index (χ0v) is 21.4. The molecular weight excluding hydrogens is 496 g/mol. The second kappa shape index (κ2) is 10.2. The molecule has 188 valence electrons. The Labute approximate surface area is 226 Å². The van der Waals surface area contributed by atoms with E-state index in [-0.39, 0.29) is 17.6 Å². The van der Waals surface area contributed by atoms with Crippen LogP contribution in [-0.2, 0) is 24.3 Å². The van der Waals surface area contributed by atoms with Crippen molar-refractivity contribution in [1.29, 1.82) is 0 Å². The summed E-state index contributed by atoms with van der Waals surface area (Å²) in [6.07, 6.45) is 2.58. The summed E-state index contributed by atoms with van der Waals surface area (Å²) in [6, 6.07) is 30.5. The van der Waals surface area contributed by atoms with Crippen LogP contribution in [0, 0.1) is 0 Å². The van der Waals surface area contributed by atoms with Gasteiger partial charge in [-0.15, -0.1) is 0 Å². The summed E-state index contributed by atoms with van der Waals surface area (Å²) in [5.74, 6) is 0.617. The van der Waals surface area contributed by atoms with Gasteiger partial charge in [-0.25, -0.2) is 0 Å². The minimum absolute atomic E-state index is 0.00626. The Balaban J connectivity index is 1.22. The van der Waals surface area contributed by atoms with Crippen LogP contribution in [0.5, 0.6) is 5.75 Å².